The maximum absolute atomic E-state index is 10.1. The molecule has 2 aromatic rings. The van der Waals surface area contributed by atoms with Crippen LogP contribution < -0.4 is 10.6 Å². The van der Waals surface area contributed by atoms with Crippen molar-refractivity contribution in [2.24, 2.45) is 4.99 Å². The van der Waals surface area contributed by atoms with Gasteiger partial charge in [-0.25, -0.2) is 0 Å². The van der Waals surface area contributed by atoms with Gasteiger partial charge in [-0.1, -0.05) is 60.7 Å². The highest BCUT2D eigenvalue weighted by molar-refractivity contribution is 14.0. The third-order valence-electron chi connectivity index (χ3n) is 3.88. The molecule has 2 unspecified atom stereocenters. The summed E-state index contributed by atoms with van der Waals surface area (Å²) in [5, 5.41) is 16.7. The normalized spacial score (nSPS) is 13.4. The van der Waals surface area contributed by atoms with Gasteiger partial charge in [-0.3, -0.25) is 4.99 Å². The largest absolute Gasteiger partial charge is 0.389 e. The van der Waals surface area contributed by atoms with Crippen molar-refractivity contribution in [3.8, 4) is 0 Å². The molecular weight excluding hydrogens is 453 g/mol. The number of ether oxygens (including phenoxy) is 1. The summed E-state index contributed by atoms with van der Waals surface area (Å²) in [5.41, 5.74) is 2.28. The van der Waals surface area contributed by atoms with Gasteiger partial charge < -0.3 is 20.5 Å². The molecule has 6 heteroatoms. The standard InChI is InChI=1S/C21H29N3O2.HI/c1-3-22-21(24-17(2)19-12-8-5-9-13-19)23-14-20(25)16-26-15-18-10-6-4-7-11-18;/h4-13,17,20,25H,3,14-16H2,1-2H3,(H2,22,23,24);1H. The molecule has 0 bridgehead atoms. The van der Waals surface area contributed by atoms with Crippen molar-refractivity contribution in [2.75, 3.05) is 19.7 Å². The van der Waals surface area contributed by atoms with Crippen LogP contribution in [0.5, 0.6) is 0 Å². The zero-order chi connectivity index (χ0) is 18.6. The Hall–Kier alpha value is -1.64. The Bertz CT molecular complexity index is 653. The van der Waals surface area contributed by atoms with Crippen LogP contribution in [0.3, 0.4) is 0 Å². The van der Waals surface area contributed by atoms with Gasteiger partial charge in [0.05, 0.1) is 31.9 Å². The van der Waals surface area contributed by atoms with Crippen molar-refractivity contribution in [1.82, 2.24) is 10.6 Å². The number of nitrogens with one attached hydrogen (secondary N) is 2. The van der Waals surface area contributed by atoms with Crippen LogP contribution >= 0.6 is 24.0 Å². The summed E-state index contributed by atoms with van der Waals surface area (Å²) in [7, 11) is 0. The van der Waals surface area contributed by atoms with Crippen LogP contribution in [0.1, 0.15) is 31.0 Å². The maximum atomic E-state index is 10.1. The first kappa shape index (κ1) is 23.4. The second-order valence-electron chi connectivity index (χ2n) is 6.15. The quantitative estimate of drug-likeness (QED) is 0.290. The van der Waals surface area contributed by atoms with E-state index >= 15 is 0 Å². The number of rotatable bonds is 9. The fourth-order valence-corrected chi connectivity index (χ4v) is 2.49. The predicted octanol–water partition coefficient (Wildman–Crippen LogP) is 3.50. The van der Waals surface area contributed by atoms with E-state index in [-0.39, 0.29) is 43.2 Å². The SMILES string of the molecule is CCNC(=NCC(O)COCc1ccccc1)NC(C)c1ccccc1.I. The second-order valence-corrected chi connectivity index (χ2v) is 6.15. The van der Waals surface area contributed by atoms with Crippen molar-refractivity contribution >= 4 is 29.9 Å². The fourth-order valence-electron chi connectivity index (χ4n) is 2.49. The Labute approximate surface area is 179 Å². The molecule has 3 N–H and O–H groups in total. The lowest BCUT2D eigenvalue weighted by Crippen LogP contribution is -2.39. The Morgan fingerprint density at radius 1 is 1.07 bits per heavy atom. The summed E-state index contributed by atoms with van der Waals surface area (Å²) in [6.07, 6.45) is -0.638. The molecule has 0 saturated heterocycles. The molecule has 27 heavy (non-hydrogen) atoms. The van der Waals surface area contributed by atoms with Crippen molar-refractivity contribution < 1.29 is 9.84 Å². The molecule has 0 aliphatic carbocycles. The van der Waals surface area contributed by atoms with Gasteiger partial charge in [-0.15, -0.1) is 24.0 Å². The van der Waals surface area contributed by atoms with Crippen LogP contribution in [0.15, 0.2) is 65.7 Å². The Morgan fingerprint density at radius 3 is 2.33 bits per heavy atom. The van der Waals surface area contributed by atoms with Gasteiger partial charge in [0.2, 0.25) is 0 Å². The van der Waals surface area contributed by atoms with Crippen LogP contribution in [0.4, 0.5) is 0 Å². The third-order valence-corrected chi connectivity index (χ3v) is 3.88. The first-order chi connectivity index (χ1) is 12.7. The minimum absolute atomic E-state index is 0. The molecule has 0 heterocycles. The van der Waals surface area contributed by atoms with Gasteiger partial charge in [-0.05, 0) is 25.0 Å². The molecule has 0 spiro atoms. The third kappa shape index (κ3) is 9.21. The lowest BCUT2D eigenvalue weighted by molar-refractivity contribution is 0.0331. The average Bonchev–Trinajstić information content (AvgIpc) is 2.68. The minimum Gasteiger partial charge on any atom is -0.389 e. The van der Waals surface area contributed by atoms with Crippen molar-refractivity contribution in [2.45, 2.75) is 32.6 Å². The van der Waals surface area contributed by atoms with Crippen molar-refractivity contribution in [3.63, 3.8) is 0 Å². The van der Waals surface area contributed by atoms with Crippen LogP contribution in [0.2, 0.25) is 0 Å². The second kappa shape index (κ2) is 13.5. The lowest BCUT2D eigenvalue weighted by Gasteiger charge is -2.18. The van der Waals surface area contributed by atoms with Crippen molar-refractivity contribution in [3.05, 3.63) is 71.8 Å². The van der Waals surface area contributed by atoms with Gasteiger partial charge in [0.25, 0.3) is 0 Å². The molecule has 0 amide bonds. The number of guanidine groups is 1. The van der Waals surface area contributed by atoms with E-state index in [1.807, 2.05) is 55.5 Å². The number of halogens is 1. The zero-order valence-corrected chi connectivity index (χ0v) is 18.3. The highest BCUT2D eigenvalue weighted by Gasteiger charge is 2.09. The average molecular weight is 483 g/mol. The van der Waals surface area contributed by atoms with E-state index in [9.17, 15) is 5.11 Å². The van der Waals surface area contributed by atoms with E-state index < -0.39 is 6.10 Å². The van der Waals surface area contributed by atoms with E-state index in [0.717, 1.165) is 12.1 Å². The number of aliphatic hydroxyl groups is 1. The van der Waals surface area contributed by atoms with E-state index in [4.69, 9.17) is 4.74 Å². The molecule has 2 atom stereocenters. The monoisotopic (exact) mass is 483 g/mol. The lowest BCUT2D eigenvalue weighted by atomic mass is 10.1. The van der Waals surface area contributed by atoms with Crippen LogP contribution in [-0.2, 0) is 11.3 Å². The molecule has 0 saturated carbocycles. The summed E-state index contributed by atoms with van der Waals surface area (Å²) in [4.78, 5) is 4.47. The molecule has 2 aromatic carbocycles. The highest BCUT2D eigenvalue weighted by atomic mass is 127. The molecule has 2 rings (SSSR count). The fraction of sp³-hybridized carbons (Fsp3) is 0.381. The number of hydrogen-bond acceptors (Lipinski definition) is 3. The first-order valence-corrected chi connectivity index (χ1v) is 9.08. The van der Waals surface area contributed by atoms with E-state index in [2.05, 4.69) is 34.7 Å². The summed E-state index contributed by atoms with van der Waals surface area (Å²) >= 11 is 0. The van der Waals surface area contributed by atoms with Gasteiger partial charge in [0.1, 0.15) is 0 Å². The van der Waals surface area contributed by atoms with Gasteiger partial charge in [0, 0.05) is 6.54 Å². The first-order valence-electron chi connectivity index (χ1n) is 9.08. The molecule has 5 nitrogen and oxygen atoms in total. The van der Waals surface area contributed by atoms with Crippen LogP contribution in [-0.4, -0.2) is 36.9 Å². The molecule has 0 radical (unpaired) electrons. The summed E-state index contributed by atoms with van der Waals surface area (Å²) < 4.78 is 5.56. The number of aliphatic hydroxyl groups excluding tert-OH is 1. The Kier molecular flexibility index (Phi) is 11.7. The number of aliphatic imine (C=N–C) groups is 1. The summed E-state index contributed by atoms with van der Waals surface area (Å²) in [6, 6.07) is 20.2. The summed E-state index contributed by atoms with van der Waals surface area (Å²) in [5.74, 6) is 0.686. The van der Waals surface area contributed by atoms with Crippen LogP contribution in [0.25, 0.3) is 0 Å². The van der Waals surface area contributed by atoms with E-state index in [1.165, 1.54) is 5.56 Å². The zero-order valence-electron chi connectivity index (χ0n) is 16.0. The Balaban J connectivity index is 0.00000364. The number of hydrogen-bond donors (Lipinski definition) is 3. The van der Waals surface area contributed by atoms with Gasteiger partial charge in [0.15, 0.2) is 5.96 Å². The molecule has 148 valence electrons. The van der Waals surface area contributed by atoms with Gasteiger partial charge in [-0.2, -0.15) is 0 Å². The molecule has 0 aliphatic rings. The number of benzene rings is 2. The highest BCUT2D eigenvalue weighted by Crippen LogP contribution is 2.10. The molecule has 0 aliphatic heterocycles. The minimum atomic E-state index is -0.638. The topological polar surface area (TPSA) is 65.9 Å². The molecule has 0 fully saturated rings. The van der Waals surface area contributed by atoms with Crippen LogP contribution in [0, 0.1) is 0 Å². The van der Waals surface area contributed by atoms with Gasteiger partial charge >= 0.3 is 0 Å². The maximum Gasteiger partial charge on any atom is 0.191 e. The molecule has 0 aromatic heterocycles. The van der Waals surface area contributed by atoms with E-state index in [1.54, 1.807) is 0 Å². The Morgan fingerprint density at radius 2 is 1.70 bits per heavy atom. The number of nitrogens with zero attached hydrogens (tertiary/aromatic N) is 1. The van der Waals surface area contributed by atoms with Crippen molar-refractivity contribution in [1.29, 1.82) is 0 Å². The predicted molar refractivity (Wildman–Crippen MR) is 121 cm³/mol. The molecular formula is C21H30IN3O2. The summed E-state index contributed by atoms with van der Waals surface area (Å²) in [6.45, 7) is 5.89. The smallest absolute Gasteiger partial charge is 0.191 e. The van der Waals surface area contributed by atoms with E-state index in [0.29, 0.717) is 12.6 Å².